The van der Waals surface area contributed by atoms with Gasteiger partial charge in [-0.1, -0.05) is 6.92 Å². The van der Waals surface area contributed by atoms with E-state index < -0.39 is 7.12 Å². The summed E-state index contributed by atoms with van der Waals surface area (Å²) in [6, 6.07) is 3.29. The van der Waals surface area contributed by atoms with Crippen LogP contribution in [0.1, 0.15) is 12.7 Å². The predicted molar refractivity (Wildman–Crippen MR) is 37.9 cm³/mol. The lowest BCUT2D eigenvalue weighted by atomic mass is 9.88. The minimum Gasteiger partial charge on any atom is -0.470 e. The molecule has 10 heavy (non-hydrogen) atoms. The first-order chi connectivity index (χ1) is 4.74. The number of hydrogen-bond acceptors (Lipinski definition) is 3. The van der Waals surface area contributed by atoms with Crippen LogP contribution >= 0.6 is 0 Å². The van der Waals surface area contributed by atoms with E-state index >= 15 is 0 Å². The van der Waals surface area contributed by atoms with E-state index in [1.165, 1.54) is 0 Å². The van der Waals surface area contributed by atoms with Crippen molar-refractivity contribution in [2.75, 3.05) is 0 Å². The fourth-order valence-corrected chi connectivity index (χ4v) is 0.723. The Morgan fingerprint density at radius 2 is 2.20 bits per heavy atom. The quantitative estimate of drug-likeness (QED) is 0.545. The maximum atomic E-state index is 8.59. The molecule has 0 saturated heterocycles. The first-order valence-electron chi connectivity index (χ1n) is 3.18. The largest absolute Gasteiger partial charge is 0.526 e. The molecule has 0 bridgehead atoms. The summed E-state index contributed by atoms with van der Waals surface area (Å²) in [6.45, 7) is 1.94. The van der Waals surface area contributed by atoms with E-state index in [4.69, 9.17) is 14.5 Å². The third-order valence-corrected chi connectivity index (χ3v) is 1.29. The Morgan fingerprint density at radius 1 is 1.50 bits per heavy atom. The first-order valence-corrected chi connectivity index (χ1v) is 3.18. The van der Waals surface area contributed by atoms with Crippen molar-refractivity contribution in [3.8, 4) is 0 Å². The maximum Gasteiger partial charge on any atom is 0.526 e. The van der Waals surface area contributed by atoms with Crippen molar-refractivity contribution in [1.82, 2.24) is 0 Å². The number of hydrogen-bond donors (Lipinski definition) is 2. The Bertz CT molecular complexity index is 207. The Hall–Kier alpha value is -0.735. The Labute approximate surface area is 59.4 Å². The van der Waals surface area contributed by atoms with Crippen LogP contribution in [0.15, 0.2) is 16.5 Å². The average Bonchev–Trinajstić information content (AvgIpc) is 2.34. The van der Waals surface area contributed by atoms with Gasteiger partial charge in [0.15, 0.2) is 0 Å². The van der Waals surface area contributed by atoms with Crippen LogP contribution in [-0.4, -0.2) is 17.2 Å². The van der Waals surface area contributed by atoms with Crippen molar-refractivity contribution in [3.63, 3.8) is 0 Å². The summed E-state index contributed by atoms with van der Waals surface area (Å²) in [4.78, 5) is 0. The minimum atomic E-state index is -1.49. The Morgan fingerprint density at radius 3 is 2.50 bits per heavy atom. The van der Waals surface area contributed by atoms with Crippen LogP contribution in [0, 0.1) is 0 Å². The van der Waals surface area contributed by atoms with Crippen molar-refractivity contribution in [2.45, 2.75) is 13.3 Å². The van der Waals surface area contributed by atoms with Gasteiger partial charge in [0.25, 0.3) is 0 Å². The SMILES string of the molecule is CCc1ccc(B(O)O)o1. The second kappa shape index (κ2) is 2.90. The highest BCUT2D eigenvalue weighted by molar-refractivity contribution is 6.56. The molecule has 0 aromatic carbocycles. The predicted octanol–water partition coefficient (Wildman–Crippen LogP) is -0.478. The van der Waals surface area contributed by atoms with Crippen LogP contribution in [0.3, 0.4) is 0 Å². The summed E-state index contributed by atoms with van der Waals surface area (Å²) in [5.41, 5.74) is 0.205. The first kappa shape index (κ1) is 7.37. The Balaban J connectivity index is 2.78. The monoisotopic (exact) mass is 140 g/mol. The zero-order chi connectivity index (χ0) is 7.56. The highest BCUT2D eigenvalue weighted by Gasteiger charge is 2.14. The molecule has 0 unspecified atom stereocenters. The van der Waals surface area contributed by atoms with Crippen LogP contribution in [0.4, 0.5) is 0 Å². The van der Waals surface area contributed by atoms with E-state index in [1.54, 1.807) is 12.1 Å². The summed E-state index contributed by atoms with van der Waals surface area (Å²) in [6.07, 6.45) is 0.771. The molecule has 0 spiro atoms. The molecule has 1 aromatic rings. The molecule has 1 rings (SSSR count). The fourth-order valence-electron chi connectivity index (χ4n) is 0.723. The fraction of sp³-hybridized carbons (Fsp3) is 0.333. The number of aryl methyl sites for hydroxylation is 1. The van der Waals surface area contributed by atoms with Gasteiger partial charge in [-0.05, 0) is 12.1 Å². The highest BCUT2D eigenvalue weighted by atomic mass is 16.4. The molecule has 0 aliphatic rings. The lowest BCUT2D eigenvalue weighted by Crippen LogP contribution is -2.27. The second-order valence-electron chi connectivity index (χ2n) is 2.03. The molecule has 0 atom stereocenters. The molecule has 54 valence electrons. The third-order valence-electron chi connectivity index (χ3n) is 1.29. The van der Waals surface area contributed by atoms with Crippen LogP contribution in [0.25, 0.3) is 0 Å². The standard InChI is InChI=1S/C6H9BO3/c1-2-5-3-4-6(10-5)7(8)9/h3-4,8-9H,2H2,1H3. The van der Waals surface area contributed by atoms with Crippen LogP contribution in [-0.2, 0) is 6.42 Å². The van der Waals surface area contributed by atoms with Gasteiger partial charge in [0.1, 0.15) is 11.4 Å². The van der Waals surface area contributed by atoms with E-state index in [9.17, 15) is 0 Å². The molecule has 1 aromatic heterocycles. The van der Waals surface area contributed by atoms with Gasteiger partial charge in [-0.3, -0.25) is 0 Å². The summed E-state index contributed by atoms with van der Waals surface area (Å²) < 4.78 is 4.99. The van der Waals surface area contributed by atoms with Crippen molar-refractivity contribution in [2.24, 2.45) is 0 Å². The van der Waals surface area contributed by atoms with Gasteiger partial charge >= 0.3 is 7.12 Å². The number of rotatable bonds is 2. The number of furan rings is 1. The summed E-state index contributed by atoms with van der Waals surface area (Å²) >= 11 is 0. The van der Waals surface area contributed by atoms with Crippen LogP contribution < -0.4 is 5.66 Å². The molecule has 0 fully saturated rings. The summed E-state index contributed by atoms with van der Waals surface area (Å²) in [7, 11) is -1.49. The van der Waals surface area contributed by atoms with Crippen LogP contribution in [0.5, 0.6) is 0 Å². The molecule has 0 saturated carbocycles. The molecular weight excluding hydrogens is 131 g/mol. The molecule has 3 nitrogen and oxygen atoms in total. The molecular formula is C6H9BO3. The smallest absolute Gasteiger partial charge is 0.470 e. The molecule has 0 amide bonds. The van der Waals surface area contributed by atoms with Gasteiger partial charge in [-0.25, -0.2) is 0 Å². The summed E-state index contributed by atoms with van der Waals surface area (Å²) in [5, 5.41) is 17.2. The van der Waals surface area contributed by atoms with Crippen molar-refractivity contribution in [1.29, 1.82) is 0 Å². The van der Waals surface area contributed by atoms with Gasteiger partial charge < -0.3 is 14.5 Å². The molecule has 0 radical (unpaired) electrons. The molecule has 0 aliphatic carbocycles. The molecule has 2 N–H and O–H groups in total. The maximum absolute atomic E-state index is 8.59. The van der Waals surface area contributed by atoms with Crippen molar-refractivity contribution in [3.05, 3.63) is 17.9 Å². The summed E-state index contributed by atoms with van der Waals surface area (Å²) in [5.74, 6) is 0.767. The zero-order valence-corrected chi connectivity index (χ0v) is 5.74. The van der Waals surface area contributed by atoms with Gasteiger partial charge in [-0.15, -0.1) is 0 Å². The van der Waals surface area contributed by atoms with Gasteiger partial charge in [0.05, 0.1) is 0 Å². The normalized spacial score (nSPS) is 9.90. The third kappa shape index (κ3) is 1.40. The van der Waals surface area contributed by atoms with Crippen molar-refractivity contribution >= 4 is 12.8 Å². The Kier molecular flexibility index (Phi) is 2.14. The average molecular weight is 140 g/mol. The van der Waals surface area contributed by atoms with E-state index in [1.807, 2.05) is 6.92 Å². The van der Waals surface area contributed by atoms with E-state index in [0.717, 1.165) is 12.2 Å². The van der Waals surface area contributed by atoms with E-state index in [-0.39, 0.29) is 5.66 Å². The van der Waals surface area contributed by atoms with Gasteiger partial charge in [0.2, 0.25) is 0 Å². The molecule has 1 heterocycles. The zero-order valence-electron chi connectivity index (χ0n) is 5.74. The second-order valence-corrected chi connectivity index (χ2v) is 2.03. The van der Waals surface area contributed by atoms with Gasteiger partial charge in [0, 0.05) is 6.42 Å². The minimum absolute atomic E-state index is 0.205. The lowest BCUT2D eigenvalue weighted by Gasteiger charge is -1.90. The highest BCUT2D eigenvalue weighted by Crippen LogP contribution is 1.98. The van der Waals surface area contributed by atoms with Crippen molar-refractivity contribution < 1.29 is 14.5 Å². The van der Waals surface area contributed by atoms with E-state index in [2.05, 4.69) is 0 Å². The van der Waals surface area contributed by atoms with E-state index in [0.29, 0.717) is 0 Å². The molecule has 4 heteroatoms. The lowest BCUT2D eigenvalue weighted by molar-refractivity contribution is 0.405. The molecule has 0 aliphatic heterocycles. The van der Waals surface area contributed by atoms with Crippen LogP contribution in [0.2, 0.25) is 0 Å². The van der Waals surface area contributed by atoms with Gasteiger partial charge in [-0.2, -0.15) is 0 Å². The topological polar surface area (TPSA) is 53.6 Å².